The zero-order valence-electron chi connectivity index (χ0n) is 28.3. The molecule has 0 heteroatoms. The van der Waals surface area contributed by atoms with E-state index in [4.69, 9.17) is 0 Å². The van der Waals surface area contributed by atoms with Gasteiger partial charge in [-0.05, 0) is 138 Å². The van der Waals surface area contributed by atoms with Crippen LogP contribution < -0.4 is 0 Å². The number of benzene rings is 10. The van der Waals surface area contributed by atoms with Crippen molar-refractivity contribution in [1.82, 2.24) is 0 Å². The largest absolute Gasteiger partial charge is 0.0622 e. The molecule has 0 N–H and O–H groups in total. The van der Waals surface area contributed by atoms with Crippen molar-refractivity contribution in [2.75, 3.05) is 0 Å². The van der Waals surface area contributed by atoms with Gasteiger partial charge in [0.05, 0.1) is 0 Å². The fourth-order valence-corrected chi connectivity index (χ4v) is 9.54. The van der Waals surface area contributed by atoms with Crippen molar-refractivity contribution in [3.8, 4) is 33.4 Å². The molecule has 0 saturated carbocycles. The van der Waals surface area contributed by atoms with Gasteiger partial charge in [0.2, 0.25) is 0 Å². The molecule has 12 aromatic rings. The third-order valence-electron chi connectivity index (χ3n) is 11.7. The number of fused-ring (bicyclic) bond motifs is 9. The fraction of sp³-hybridized carbons (Fsp3) is 0. The van der Waals surface area contributed by atoms with Gasteiger partial charge in [0.15, 0.2) is 0 Å². The number of rotatable bonds is 3. The first-order valence-corrected chi connectivity index (χ1v) is 18.2. The van der Waals surface area contributed by atoms with Gasteiger partial charge >= 0.3 is 0 Å². The van der Waals surface area contributed by atoms with E-state index in [1.807, 2.05) is 0 Å². The third kappa shape index (κ3) is 3.71. The first kappa shape index (κ1) is 28.0. The molecule has 0 heterocycles. The van der Waals surface area contributed by atoms with Crippen LogP contribution in [0.15, 0.2) is 182 Å². The molecule has 52 heavy (non-hydrogen) atoms. The number of hydrogen-bond donors (Lipinski definition) is 0. The molecule has 0 atom stereocenters. The van der Waals surface area contributed by atoms with Crippen LogP contribution in [-0.4, -0.2) is 0 Å². The summed E-state index contributed by atoms with van der Waals surface area (Å²) in [5, 5.41) is 21.1. The van der Waals surface area contributed by atoms with Gasteiger partial charge in [-0.15, -0.1) is 0 Å². The summed E-state index contributed by atoms with van der Waals surface area (Å²) in [6.45, 7) is 0. The van der Waals surface area contributed by atoms with E-state index in [1.165, 1.54) is 120 Å². The Bertz CT molecular complexity index is 3370. The molecule has 0 saturated heterocycles. The topological polar surface area (TPSA) is 0 Å². The molecular weight excluding hydrogens is 625 g/mol. The lowest BCUT2D eigenvalue weighted by atomic mass is 9.84. The second-order valence-corrected chi connectivity index (χ2v) is 14.3. The molecule has 0 aliphatic heterocycles. The van der Waals surface area contributed by atoms with Gasteiger partial charge in [-0.25, -0.2) is 0 Å². The van der Waals surface area contributed by atoms with Crippen molar-refractivity contribution in [3.05, 3.63) is 182 Å². The van der Waals surface area contributed by atoms with E-state index in [-0.39, 0.29) is 0 Å². The average molecular weight is 655 g/mol. The second kappa shape index (κ2) is 10.4. The summed E-state index contributed by atoms with van der Waals surface area (Å²) < 4.78 is 0. The normalized spacial score (nSPS) is 12.2. The van der Waals surface area contributed by atoms with Crippen molar-refractivity contribution in [2.24, 2.45) is 0 Å². The standard InChI is InChI=1S/C52H30/c1-3-13-33(14-4-1)47-45-30-44-38-27-26-37(36-25-24-31-12-7-8-17-35(31)28-36)29-43(38)39-20-11-23-42(49(39)44)50(45)48(34-15-5-2-6-16-34)52-41-22-10-19-32-18-9-21-40(46(32)41)51(47)52/h1-30H. The minimum absolute atomic E-state index is 1.25. The SMILES string of the molecule is c1ccc(-c2c3cc4c5ccc(-c6ccc7ccccc7c6)cc5c5cccc(c3c(-c3ccccc3)c3c6cccc7cccc(c23)c76)c54)cc1. The smallest absolute Gasteiger partial charge is 0.000719 e. The summed E-state index contributed by atoms with van der Waals surface area (Å²) in [4.78, 5) is 0. The van der Waals surface area contributed by atoms with E-state index >= 15 is 0 Å². The minimum atomic E-state index is 1.25. The lowest BCUT2D eigenvalue weighted by Crippen LogP contribution is -1.91. The highest BCUT2D eigenvalue weighted by Crippen LogP contribution is 2.54. The minimum Gasteiger partial charge on any atom is -0.0622 e. The quantitative estimate of drug-likeness (QED) is 0.166. The van der Waals surface area contributed by atoms with Crippen molar-refractivity contribution in [3.63, 3.8) is 0 Å². The molecule has 0 aliphatic carbocycles. The molecule has 0 nitrogen and oxygen atoms in total. The summed E-state index contributed by atoms with van der Waals surface area (Å²) in [5.74, 6) is 0. The molecular formula is C52H30. The van der Waals surface area contributed by atoms with E-state index in [1.54, 1.807) is 0 Å². The van der Waals surface area contributed by atoms with Crippen LogP contribution in [0.4, 0.5) is 0 Å². The molecule has 12 rings (SSSR count). The second-order valence-electron chi connectivity index (χ2n) is 14.3. The van der Waals surface area contributed by atoms with Gasteiger partial charge in [-0.3, -0.25) is 0 Å². The van der Waals surface area contributed by atoms with Gasteiger partial charge in [-0.1, -0.05) is 164 Å². The van der Waals surface area contributed by atoms with Crippen LogP contribution in [0, 0.1) is 0 Å². The molecule has 0 unspecified atom stereocenters. The molecule has 0 radical (unpaired) electrons. The summed E-state index contributed by atoms with van der Waals surface area (Å²) in [6, 6.07) is 67.9. The maximum atomic E-state index is 2.53. The van der Waals surface area contributed by atoms with Gasteiger partial charge < -0.3 is 0 Å². The lowest BCUT2D eigenvalue weighted by Gasteiger charge is -2.19. The Labute approximate surface area is 300 Å². The summed E-state index contributed by atoms with van der Waals surface area (Å²) >= 11 is 0. The van der Waals surface area contributed by atoms with E-state index in [0.717, 1.165) is 0 Å². The van der Waals surface area contributed by atoms with Gasteiger partial charge in [0.25, 0.3) is 0 Å². The molecule has 12 aromatic carbocycles. The Morgan fingerprint density at radius 1 is 0.192 bits per heavy atom. The molecule has 0 aliphatic rings. The van der Waals surface area contributed by atoms with E-state index in [9.17, 15) is 0 Å². The number of hydrogen-bond acceptors (Lipinski definition) is 0. The van der Waals surface area contributed by atoms with Crippen LogP contribution in [0.1, 0.15) is 0 Å². The van der Waals surface area contributed by atoms with Gasteiger partial charge in [0.1, 0.15) is 0 Å². The van der Waals surface area contributed by atoms with E-state index < -0.39 is 0 Å². The highest BCUT2D eigenvalue weighted by Gasteiger charge is 2.26. The van der Waals surface area contributed by atoms with Gasteiger partial charge in [0, 0.05) is 0 Å². The zero-order valence-corrected chi connectivity index (χ0v) is 28.3. The van der Waals surface area contributed by atoms with Crippen molar-refractivity contribution < 1.29 is 0 Å². The zero-order chi connectivity index (χ0) is 33.9. The Morgan fingerprint density at radius 3 is 1.50 bits per heavy atom. The lowest BCUT2D eigenvalue weighted by molar-refractivity contribution is 1.68. The molecule has 0 fully saturated rings. The Kier molecular flexibility index (Phi) is 5.59. The maximum Gasteiger partial charge on any atom is -0.000719 e. The highest BCUT2D eigenvalue weighted by atomic mass is 14.3. The van der Waals surface area contributed by atoms with Crippen LogP contribution >= 0.6 is 0 Å². The Hall–Kier alpha value is -6.76. The predicted molar refractivity (Wildman–Crippen MR) is 225 cm³/mol. The van der Waals surface area contributed by atoms with Crippen LogP contribution in [0.2, 0.25) is 0 Å². The molecule has 0 amide bonds. The van der Waals surface area contributed by atoms with Crippen molar-refractivity contribution in [2.45, 2.75) is 0 Å². The van der Waals surface area contributed by atoms with Crippen LogP contribution in [0.5, 0.6) is 0 Å². The summed E-state index contributed by atoms with van der Waals surface area (Å²) in [7, 11) is 0. The van der Waals surface area contributed by atoms with Crippen LogP contribution in [0.25, 0.3) is 120 Å². The predicted octanol–water partition coefficient (Wildman–Crippen LogP) is 14.8. The summed E-state index contributed by atoms with van der Waals surface area (Å²) in [5.41, 5.74) is 7.64. The summed E-state index contributed by atoms with van der Waals surface area (Å²) in [6.07, 6.45) is 0. The molecule has 238 valence electrons. The molecule has 0 spiro atoms. The fourth-order valence-electron chi connectivity index (χ4n) is 9.54. The Balaban J connectivity index is 1.30. The molecule has 0 aromatic heterocycles. The van der Waals surface area contributed by atoms with E-state index in [2.05, 4.69) is 182 Å². The Morgan fingerprint density at radius 2 is 0.750 bits per heavy atom. The van der Waals surface area contributed by atoms with Crippen LogP contribution in [-0.2, 0) is 0 Å². The first-order chi connectivity index (χ1) is 25.8. The average Bonchev–Trinajstić information content (AvgIpc) is 3.71. The first-order valence-electron chi connectivity index (χ1n) is 18.2. The monoisotopic (exact) mass is 654 g/mol. The van der Waals surface area contributed by atoms with Crippen LogP contribution in [0.3, 0.4) is 0 Å². The molecule has 0 bridgehead atoms. The van der Waals surface area contributed by atoms with Crippen molar-refractivity contribution >= 4 is 86.2 Å². The van der Waals surface area contributed by atoms with Crippen molar-refractivity contribution in [1.29, 1.82) is 0 Å². The maximum absolute atomic E-state index is 2.53. The van der Waals surface area contributed by atoms with Gasteiger partial charge in [-0.2, -0.15) is 0 Å². The van der Waals surface area contributed by atoms with E-state index in [0.29, 0.717) is 0 Å². The third-order valence-corrected chi connectivity index (χ3v) is 11.7. The highest BCUT2D eigenvalue weighted by molar-refractivity contribution is 6.44.